The first kappa shape index (κ1) is 18.6. The quantitative estimate of drug-likeness (QED) is 0.310. The fourth-order valence-corrected chi connectivity index (χ4v) is 0.663. The molecule has 0 aliphatic carbocycles. The third kappa shape index (κ3) is 22.4. The molecular weight excluding hydrogens is 229 g/mol. The molecule has 1 aliphatic rings. The summed E-state index contributed by atoms with van der Waals surface area (Å²) in [6.45, 7) is 0. The molecule has 64 valence electrons. The van der Waals surface area contributed by atoms with Crippen LogP contribution in [0.15, 0.2) is 23.8 Å². The third-order valence-electron chi connectivity index (χ3n) is 0.490. The standard InChI is InChI=1S/C4H5NS.Ca.HO3P.H2O/c1-2-4-6-5-3-1;;1-4(2)3;/h1-5H;;(H,1,2,3);1H2/q;+2;;/p-1. The first-order chi connectivity index (χ1) is 4.73. The van der Waals surface area contributed by atoms with Gasteiger partial charge in [0.15, 0.2) is 0 Å². The van der Waals surface area contributed by atoms with Gasteiger partial charge in [-0.25, -0.2) is 0 Å². The predicted octanol–water partition coefficient (Wildman–Crippen LogP) is -1.58. The molecule has 5 nitrogen and oxygen atoms in total. The fourth-order valence-electron chi connectivity index (χ4n) is 0.258. The maximum Gasteiger partial charge on any atom is 2.00 e. The van der Waals surface area contributed by atoms with Gasteiger partial charge in [0.1, 0.15) is 0 Å². The predicted molar refractivity (Wildman–Crippen MR) is 46.0 cm³/mol. The second kappa shape index (κ2) is 14.4. The Bertz CT molecular complexity index is 149. The molecule has 1 rings (SSSR count). The Morgan fingerprint density at radius 1 is 1.33 bits per heavy atom. The molecule has 0 fully saturated rings. The van der Waals surface area contributed by atoms with E-state index >= 15 is 0 Å². The summed E-state index contributed by atoms with van der Waals surface area (Å²) in [5, 5.41) is 1.99. The van der Waals surface area contributed by atoms with Gasteiger partial charge in [-0.05, 0) is 23.4 Å². The van der Waals surface area contributed by atoms with Crippen LogP contribution in [0.3, 0.4) is 0 Å². The summed E-state index contributed by atoms with van der Waals surface area (Å²) in [5.74, 6) is 0. The van der Waals surface area contributed by atoms with E-state index in [2.05, 4.69) is 4.72 Å². The minimum Gasteiger partial charge on any atom is -0.598 e. The van der Waals surface area contributed by atoms with Gasteiger partial charge in [-0.3, -0.25) is 0 Å². The molecule has 0 aromatic heterocycles. The molecular formula is C4H7CaNO4PS+. The molecule has 12 heavy (non-hydrogen) atoms. The SMILES string of the molecule is C1=CNSC=C1.O.O=[P+]([O-])[O-].[Ca+2]. The minimum atomic E-state index is -3.37. The number of rotatable bonds is 0. The Kier molecular flexibility index (Phi) is 22.3. The van der Waals surface area contributed by atoms with Crippen molar-refractivity contribution in [1.29, 1.82) is 0 Å². The number of hydrogen-bond acceptors (Lipinski definition) is 5. The molecule has 0 aromatic carbocycles. The third-order valence-corrected chi connectivity index (χ3v) is 1.06. The number of allylic oxidation sites excluding steroid dienone is 2. The van der Waals surface area contributed by atoms with E-state index in [-0.39, 0.29) is 43.2 Å². The Morgan fingerprint density at radius 2 is 1.83 bits per heavy atom. The van der Waals surface area contributed by atoms with Gasteiger partial charge in [0, 0.05) is 6.20 Å². The average molecular weight is 236 g/mol. The molecule has 0 spiro atoms. The summed E-state index contributed by atoms with van der Waals surface area (Å²) in [6.07, 6.45) is 5.84. The number of hydrogen-bond donors (Lipinski definition) is 1. The van der Waals surface area contributed by atoms with Gasteiger partial charge in [-0.15, -0.1) is 0 Å². The van der Waals surface area contributed by atoms with Crippen LogP contribution in [0.4, 0.5) is 0 Å². The summed E-state index contributed by atoms with van der Waals surface area (Å²) in [7, 11) is -3.37. The van der Waals surface area contributed by atoms with E-state index in [0.717, 1.165) is 0 Å². The fraction of sp³-hybridized carbons (Fsp3) is 0. The van der Waals surface area contributed by atoms with Gasteiger partial charge in [-0.1, -0.05) is 10.6 Å². The molecule has 3 N–H and O–H groups in total. The summed E-state index contributed by atoms with van der Waals surface area (Å²) < 4.78 is 11.4. The largest absolute Gasteiger partial charge is 2.00 e. The molecule has 8 heteroatoms. The van der Waals surface area contributed by atoms with E-state index in [1.165, 1.54) is 0 Å². The van der Waals surface area contributed by atoms with Crippen LogP contribution in [-0.2, 0) is 4.57 Å². The van der Waals surface area contributed by atoms with Crippen molar-refractivity contribution in [2.75, 3.05) is 0 Å². The molecule has 0 saturated carbocycles. The van der Waals surface area contributed by atoms with Gasteiger partial charge in [0.05, 0.1) is 0 Å². The van der Waals surface area contributed by atoms with Crippen LogP contribution in [0.25, 0.3) is 0 Å². The van der Waals surface area contributed by atoms with Crippen molar-refractivity contribution in [3.63, 3.8) is 0 Å². The van der Waals surface area contributed by atoms with Crippen molar-refractivity contribution >= 4 is 57.9 Å². The van der Waals surface area contributed by atoms with E-state index in [9.17, 15) is 0 Å². The molecule has 0 amide bonds. The Labute approximate surface area is 105 Å². The van der Waals surface area contributed by atoms with Gasteiger partial charge in [0.25, 0.3) is 8.25 Å². The number of nitrogens with one attached hydrogen (secondary N) is 1. The summed E-state index contributed by atoms with van der Waals surface area (Å²) in [5.41, 5.74) is 0. The topological polar surface area (TPSA) is 107 Å². The zero-order valence-corrected chi connectivity index (χ0v) is 10.0. The van der Waals surface area contributed by atoms with Crippen molar-refractivity contribution in [3.05, 3.63) is 23.8 Å². The average Bonchev–Trinajstić information content (AvgIpc) is 1.90. The monoisotopic (exact) mass is 236 g/mol. The molecule has 0 unspecified atom stereocenters. The van der Waals surface area contributed by atoms with Crippen LogP contribution in [0.5, 0.6) is 0 Å². The molecule has 0 saturated heterocycles. The maximum atomic E-state index is 8.48. The van der Waals surface area contributed by atoms with E-state index < -0.39 is 8.25 Å². The molecule has 1 heterocycles. The van der Waals surface area contributed by atoms with Crippen LogP contribution >= 0.6 is 20.2 Å². The van der Waals surface area contributed by atoms with E-state index in [1.54, 1.807) is 11.9 Å². The molecule has 0 bridgehead atoms. The Balaban J connectivity index is -0.000000124. The smallest absolute Gasteiger partial charge is 0.598 e. The normalized spacial score (nSPS) is 10.8. The van der Waals surface area contributed by atoms with Crippen LogP contribution in [0, 0.1) is 0 Å². The summed E-state index contributed by atoms with van der Waals surface area (Å²) >= 11 is 1.58. The first-order valence-corrected chi connectivity index (χ1v) is 4.25. The summed E-state index contributed by atoms with van der Waals surface area (Å²) in [6, 6.07) is 0. The van der Waals surface area contributed by atoms with E-state index in [4.69, 9.17) is 14.4 Å². The van der Waals surface area contributed by atoms with Gasteiger partial charge < -0.3 is 20.0 Å². The van der Waals surface area contributed by atoms with E-state index in [0.29, 0.717) is 0 Å². The van der Waals surface area contributed by atoms with E-state index in [1.807, 2.05) is 23.8 Å². The Morgan fingerprint density at radius 3 is 1.92 bits per heavy atom. The zero-order chi connectivity index (χ0) is 7.82. The zero-order valence-electron chi connectivity index (χ0n) is 6.10. The van der Waals surface area contributed by atoms with Crippen LogP contribution in [0.2, 0.25) is 0 Å². The summed E-state index contributed by atoms with van der Waals surface area (Å²) in [4.78, 5) is 17.0. The second-order valence-corrected chi connectivity index (χ2v) is 2.34. The minimum absolute atomic E-state index is 0. The molecule has 0 aromatic rings. The van der Waals surface area contributed by atoms with Crippen LogP contribution in [-0.4, -0.2) is 43.2 Å². The molecule has 1 aliphatic heterocycles. The van der Waals surface area contributed by atoms with Crippen molar-refractivity contribution in [3.8, 4) is 0 Å². The molecule has 0 atom stereocenters. The van der Waals surface area contributed by atoms with Crippen molar-refractivity contribution < 1.29 is 19.8 Å². The van der Waals surface area contributed by atoms with Gasteiger partial charge >= 0.3 is 37.7 Å². The van der Waals surface area contributed by atoms with Gasteiger partial charge in [-0.2, -0.15) is 0 Å². The van der Waals surface area contributed by atoms with Crippen molar-refractivity contribution in [1.82, 2.24) is 4.72 Å². The van der Waals surface area contributed by atoms with Gasteiger partial charge in [0.2, 0.25) is 0 Å². The van der Waals surface area contributed by atoms with Crippen LogP contribution < -0.4 is 14.5 Å². The van der Waals surface area contributed by atoms with Crippen molar-refractivity contribution in [2.45, 2.75) is 0 Å². The van der Waals surface area contributed by atoms with Crippen molar-refractivity contribution in [2.24, 2.45) is 0 Å². The maximum absolute atomic E-state index is 8.48. The molecule has 0 radical (unpaired) electrons. The Hall–Kier alpha value is 0.870. The second-order valence-electron chi connectivity index (χ2n) is 1.15. The van der Waals surface area contributed by atoms with Crippen LogP contribution in [0.1, 0.15) is 0 Å². The first-order valence-electron chi connectivity index (χ1n) is 2.28.